The minimum Gasteiger partial charge on any atom is -0.497 e. The molecule has 0 fully saturated rings. The first-order valence-corrected chi connectivity index (χ1v) is 10.1. The van der Waals surface area contributed by atoms with Gasteiger partial charge in [-0.15, -0.1) is 10.2 Å². The van der Waals surface area contributed by atoms with Crippen molar-refractivity contribution in [2.45, 2.75) is 13.5 Å². The van der Waals surface area contributed by atoms with Crippen LogP contribution in [-0.4, -0.2) is 32.7 Å². The number of hydrogen-bond acceptors (Lipinski definition) is 6. The Morgan fingerprint density at radius 3 is 2.66 bits per heavy atom. The summed E-state index contributed by atoms with van der Waals surface area (Å²) < 4.78 is 11.5. The number of H-pyrrole nitrogens is 1. The van der Waals surface area contributed by atoms with Gasteiger partial charge in [0.2, 0.25) is 5.82 Å². The standard InChI is InChI=1S/C25H23N5O2/c1-17(2)22-13-14-26-23(24(22)32-16-19-5-4-6-21(15-19)31-3)12-9-18-7-10-20(11-8-18)25-27-29-30-28-25/h4-15H,1,16H2,2-3H3,(H,27,28,29,30)/b12-9+. The Kier molecular flexibility index (Phi) is 6.36. The molecule has 0 spiro atoms. The summed E-state index contributed by atoms with van der Waals surface area (Å²) in [6.45, 7) is 6.44. The Balaban J connectivity index is 1.57. The molecule has 2 aromatic heterocycles. The third-order valence-electron chi connectivity index (χ3n) is 4.86. The summed E-state index contributed by atoms with van der Waals surface area (Å²) in [6.07, 6.45) is 5.70. The fourth-order valence-corrected chi connectivity index (χ4v) is 3.19. The van der Waals surface area contributed by atoms with E-state index in [-0.39, 0.29) is 0 Å². The van der Waals surface area contributed by atoms with E-state index in [9.17, 15) is 0 Å². The van der Waals surface area contributed by atoms with Gasteiger partial charge in [0.1, 0.15) is 18.1 Å². The van der Waals surface area contributed by atoms with Gasteiger partial charge in [0.15, 0.2) is 5.75 Å². The molecule has 0 unspecified atom stereocenters. The highest BCUT2D eigenvalue weighted by Crippen LogP contribution is 2.30. The fourth-order valence-electron chi connectivity index (χ4n) is 3.19. The lowest BCUT2D eigenvalue weighted by atomic mass is 10.1. The van der Waals surface area contributed by atoms with Gasteiger partial charge in [-0.1, -0.05) is 49.1 Å². The summed E-state index contributed by atoms with van der Waals surface area (Å²) in [5, 5.41) is 14.0. The Morgan fingerprint density at radius 1 is 1.09 bits per heavy atom. The number of nitrogens with one attached hydrogen (secondary N) is 1. The summed E-state index contributed by atoms with van der Waals surface area (Å²) in [7, 11) is 1.65. The van der Waals surface area contributed by atoms with E-state index >= 15 is 0 Å². The molecular formula is C25H23N5O2. The van der Waals surface area contributed by atoms with Crippen LogP contribution in [0.5, 0.6) is 11.5 Å². The smallest absolute Gasteiger partial charge is 0.204 e. The van der Waals surface area contributed by atoms with Crippen molar-refractivity contribution >= 4 is 17.7 Å². The third kappa shape index (κ3) is 4.89. The molecule has 160 valence electrons. The summed E-state index contributed by atoms with van der Waals surface area (Å²) in [5.74, 6) is 2.05. The molecule has 0 aliphatic rings. The van der Waals surface area contributed by atoms with Crippen LogP contribution in [0.15, 0.2) is 67.4 Å². The van der Waals surface area contributed by atoms with Crippen LogP contribution in [0.4, 0.5) is 0 Å². The van der Waals surface area contributed by atoms with Crippen molar-refractivity contribution in [3.05, 3.63) is 89.8 Å². The van der Waals surface area contributed by atoms with Gasteiger partial charge >= 0.3 is 0 Å². The number of methoxy groups -OCH3 is 1. The molecular weight excluding hydrogens is 402 g/mol. The lowest BCUT2D eigenvalue weighted by molar-refractivity contribution is 0.302. The van der Waals surface area contributed by atoms with Crippen LogP contribution in [0.25, 0.3) is 29.1 Å². The summed E-state index contributed by atoms with van der Waals surface area (Å²) >= 11 is 0. The van der Waals surface area contributed by atoms with Crippen molar-refractivity contribution in [1.29, 1.82) is 0 Å². The monoisotopic (exact) mass is 425 g/mol. The first kappa shape index (κ1) is 21.0. The van der Waals surface area contributed by atoms with E-state index in [1.807, 2.05) is 73.7 Å². The molecule has 0 aliphatic carbocycles. The van der Waals surface area contributed by atoms with Gasteiger partial charge < -0.3 is 9.47 Å². The van der Waals surface area contributed by atoms with Gasteiger partial charge in [-0.3, -0.25) is 4.98 Å². The maximum Gasteiger partial charge on any atom is 0.204 e. The molecule has 4 rings (SSSR count). The second kappa shape index (κ2) is 9.70. The van der Waals surface area contributed by atoms with Gasteiger partial charge in [-0.25, -0.2) is 0 Å². The van der Waals surface area contributed by atoms with Crippen LogP contribution in [0.2, 0.25) is 0 Å². The van der Waals surface area contributed by atoms with E-state index in [4.69, 9.17) is 9.47 Å². The first-order chi connectivity index (χ1) is 15.6. The zero-order chi connectivity index (χ0) is 22.3. The molecule has 0 aliphatic heterocycles. The number of aromatic amines is 1. The van der Waals surface area contributed by atoms with Crippen molar-refractivity contribution in [3.8, 4) is 22.9 Å². The van der Waals surface area contributed by atoms with Crippen molar-refractivity contribution in [2.75, 3.05) is 7.11 Å². The normalized spacial score (nSPS) is 10.9. The van der Waals surface area contributed by atoms with Gasteiger partial charge in [0.05, 0.1) is 7.11 Å². The topological polar surface area (TPSA) is 85.8 Å². The number of hydrogen-bond donors (Lipinski definition) is 1. The Labute approximate surface area is 186 Å². The number of aromatic nitrogens is 5. The molecule has 0 amide bonds. The number of nitrogens with zero attached hydrogens (tertiary/aromatic N) is 4. The number of ether oxygens (including phenoxy) is 2. The van der Waals surface area contributed by atoms with Crippen LogP contribution < -0.4 is 9.47 Å². The lowest BCUT2D eigenvalue weighted by Crippen LogP contribution is -2.01. The first-order valence-electron chi connectivity index (χ1n) is 10.1. The van der Waals surface area contributed by atoms with E-state index < -0.39 is 0 Å². The lowest BCUT2D eigenvalue weighted by Gasteiger charge is -2.14. The SMILES string of the molecule is C=C(C)c1ccnc(/C=C/c2ccc(-c3nn[nH]n3)cc2)c1OCc1cccc(OC)c1. The van der Waals surface area contributed by atoms with Crippen LogP contribution in [-0.2, 0) is 6.61 Å². The van der Waals surface area contributed by atoms with Gasteiger partial charge in [-0.05, 0) is 53.1 Å². The average Bonchev–Trinajstić information content (AvgIpc) is 3.37. The van der Waals surface area contributed by atoms with Gasteiger partial charge in [0, 0.05) is 17.3 Å². The predicted octanol–water partition coefficient (Wildman–Crippen LogP) is 5.05. The molecule has 2 aromatic carbocycles. The third-order valence-corrected chi connectivity index (χ3v) is 4.86. The summed E-state index contributed by atoms with van der Waals surface area (Å²) in [6, 6.07) is 17.6. The average molecular weight is 425 g/mol. The van der Waals surface area contributed by atoms with Crippen LogP contribution >= 0.6 is 0 Å². The van der Waals surface area contributed by atoms with Crippen molar-refractivity contribution in [1.82, 2.24) is 25.6 Å². The zero-order valence-electron chi connectivity index (χ0n) is 17.9. The molecule has 0 bridgehead atoms. The van der Waals surface area contributed by atoms with Crippen LogP contribution in [0, 0.1) is 0 Å². The Hall–Kier alpha value is -4.26. The van der Waals surface area contributed by atoms with Crippen LogP contribution in [0.1, 0.15) is 29.3 Å². The molecule has 0 radical (unpaired) electrons. The number of benzene rings is 2. The Morgan fingerprint density at radius 2 is 1.94 bits per heavy atom. The van der Waals surface area contributed by atoms with E-state index in [1.165, 1.54) is 0 Å². The molecule has 0 saturated carbocycles. The minimum absolute atomic E-state index is 0.392. The highest BCUT2D eigenvalue weighted by atomic mass is 16.5. The molecule has 4 aromatic rings. The number of tetrazole rings is 1. The Bertz CT molecular complexity index is 1230. The predicted molar refractivity (Wildman–Crippen MR) is 125 cm³/mol. The molecule has 0 saturated heterocycles. The number of allylic oxidation sites excluding steroid dienone is 1. The van der Waals surface area contributed by atoms with E-state index in [0.29, 0.717) is 18.2 Å². The van der Waals surface area contributed by atoms with Crippen LogP contribution in [0.3, 0.4) is 0 Å². The maximum atomic E-state index is 6.21. The quantitative estimate of drug-likeness (QED) is 0.425. The fraction of sp³-hybridized carbons (Fsp3) is 0.120. The molecule has 2 heterocycles. The van der Waals surface area contributed by atoms with Crippen molar-refractivity contribution in [3.63, 3.8) is 0 Å². The second-order valence-corrected chi connectivity index (χ2v) is 7.18. The molecule has 7 heteroatoms. The van der Waals surface area contributed by atoms with Gasteiger partial charge in [-0.2, -0.15) is 5.21 Å². The largest absolute Gasteiger partial charge is 0.497 e. The zero-order valence-corrected chi connectivity index (χ0v) is 17.9. The molecule has 1 N–H and O–H groups in total. The molecule has 0 atom stereocenters. The minimum atomic E-state index is 0.392. The second-order valence-electron chi connectivity index (χ2n) is 7.18. The van der Waals surface area contributed by atoms with Gasteiger partial charge in [0.25, 0.3) is 0 Å². The number of rotatable bonds is 8. The molecule has 7 nitrogen and oxygen atoms in total. The summed E-state index contributed by atoms with van der Waals surface area (Å²) in [4.78, 5) is 4.53. The highest BCUT2D eigenvalue weighted by Gasteiger charge is 2.11. The van der Waals surface area contributed by atoms with Crippen molar-refractivity contribution < 1.29 is 9.47 Å². The van der Waals surface area contributed by atoms with E-state index in [2.05, 4.69) is 32.2 Å². The van der Waals surface area contributed by atoms with E-state index in [0.717, 1.165) is 39.3 Å². The highest BCUT2D eigenvalue weighted by molar-refractivity contribution is 5.76. The molecule has 32 heavy (non-hydrogen) atoms. The maximum absolute atomic E-state index is 6.21. The number of pyridine rings is 1. The van der Waals surface area contributed by atoms with Crippen molar-refractivity contribution in [2.24, 2.45) is 0 Å². The van der Waals surface area contributed by atoms with E-state index in [1.54, 1.807) is 13.3 Å². The summed E-state index contributed by atoms with van der Waals surface area (Å²) in [5.41, 5.74) is 5.48.